The van der Waals surface area contributed by atoms with Crippen LogP contribution in [-0.4, -0.2) is 43.8 Å². The summed E-state index contributed by atoms with van der Waals surface area (Å²) in [5, 5.41) is 0. The molecule has 1 aromatic carbocycles. The Morgan fingerprint density at radius 3 is 2.52 bits per heavy atom. The predicted molar refractivity (Wildman–Crippen MR) is 84.1 cm³/mol. The van der Waals surface area contributed by atoms with Gasteiger partial charge in [-0.25, -0.2) is 13.1 Å². The monoisotopic (exact) mass is 327 g/mol. The van der Waals surface area contributed by atoms with Crippen molar-refractivity contribution in [1.29, 1.82) is 0 Å². The number of carbonyl (C=O) groups is 1. The van der Waals surface area contributed by atoms with Gasteiger partial charge in [-0.3, -0.25) is 4.79 Å². The maximum absolute atomic E-state index is 12.1. The van der Waals surface area contributed by atoms with E-state index in [1.165, 1.54) is 4.90 Å². The minimum atomic E-state index is -3.57. The number of likely N-dealkylation sites (tertiary alicyclic amines) is 1. The molecular formula is C13H17N3O3S2. The number of likely N-dealkylation sites (N-methyl/N-ethyl adjacent to an activating group) is 1. The van der Waals surface area contributed by atoms with Crippen LogP contribution >= 0.6 is 12.2 Å². The fourth-order valence-electron chi connectivity index (χ4n) is 2.17. The Kier molecular flexibility index (Phi) is 4.60. The lowest BCUT2D eigenvalue weighted by Gasteiger charge is -2.13. The molecule has 1 saturated heterocycles. The van der Waals surface area contributed by atoms with E-state index in [2.05, 4.69) is 4.72 Å². The Labute approximate surface area is 129 Å². The minimum absolute atomic E-state index is 0.182. The summed E-state index contributed by atoms with van der Waals surface area (Å²) in [6, 6.07) is 6.03. The smallest absolute Gasteiger partial charge is 0.240 e. The van der Waals surface area contributed by atoms with E-state index in [4.69, 9.17) is 18.0 Å². The van der Waals surface area contributed by atoms with E-state index in [1.807, 2.05) is 0 Å². The molecule has 1 aromatic rings. The summed E-state index contributed by atoms with van der Waals surface area (Å²) in [5.41, 5.74) is 6.79. The van der Waals surface area contributed by atoms with Gasteiger partial charge < -0.3 is 10.6 Å². The maximum Gasteiger partial charge on any atom is 0.240 e. The van der Waals surface area contributed by atoms with Crippen LogP contribution in [0.25, 0.3) is 0 Å². The van der Waals surface area contributed by atoms with Gasteiger partial charge in [0.05, 0.1) is 5.75 Å². The number of hydrogen-bond donors (Lipinski definition) is 2. The van der Waals surface area contributed by atoms with Crippen LogP contribution in [0.3, 0.4) is 0 Å². The number of hydrogen-bond acceptors (Lipinski definition) is 4. The molecule has 6 nitrogen and oxygen atoms in total. The van der Waals surface area contributed by atoms with E-state index < -0.39 is 16.1 Å². The second kappa shape index (κ2) is 6.08. The largest absolute Gasteiger partial charge is 0.389 e. The summed E-state index contributed by atoms with van der Waals surface area (Å²) in [6.45, 7) is 0.564. The molecule has 8 heteroatoms. The van der Waals surface area contributed by atoms with Gasteiger partial charge in [-0.2, -0.15) is 0 Å². The summed E-state index contributed by atoms with van der Waals surface area (Å²) < 4.78 is 26.6. The molecule has 2 rings (SSSR count). The van der Waals surface area contributed by atoms with Gasteiger partial charge in [0.1, 0.15) is 11.0 Å². The van der Waals surface area contributed by atoms with Crippen LogP contribution in [0.5, 0.6) is 0 Å². The Balaban J connectivity index is 2.04. The third-order valence-electron chi connectivity index (χ3n) is 3.34. The highest BCUT2D eigenvalue weighted by Crippen LogP contribution is 2.12. The molecule has 1 aliphatic rings. The first-order valence-corrected chi connectivity index (χ1v) is 8.48. The van der Waals surface area contributed by atoms with Crippen molar-refractivity contribution >= 4 is 33.1 Å². The third-order valence-corrected chi connectivity index (χ3v) is 4.94. The number of thiocarbonyl (C=S) groups is 1. The molecule has 0 radical (unpaired) electrons. The molecule has 1 atom stereocenters. The van der Waals surface area contributed by atoms with Crippen molar-refractivity contribution in [2.24, 2.45) is 5.73 Å². The zero-order chi connectivity index (χ0) is 15.6. The molecule has 1 amide bonds. The van der Waals surface area contributed by atoms with Gasteiger partial charge in [0.25, 0.3) is 0 Å². The highest BCUT2D eigenvalue weighted by atomic mass is 32.2. The van der Waals surface area contributed by atoms with Crippen LogP contribution in [0, 0.1) is 0 Å². The Bertz CT molecular complexity index is 656. The highest BCUT2D eigenvalue weighted by Gasteiger charge is 2.32. The molecule has 0 saturated carbocycles. The molecule has 0 aliphatic carbocycles. The lowest BCUT2D eigenvalue weighted by Crippen LogP contribution is -2.41. The van der Waals surface area contributed by atoms with Gasteiger partial charge in [0.2, 0.25) is 15.9 Å². The molecule has 0 bridgehead atoms. The summed E-state index contributed by atoms with van der Waals surface area (Å²) in [6.07, 6.45) is 0.495. The molecule has 3 N–H and O–H groups in total. The highest BCUT2D eigenvalue weighted by molar-refractivity contribution is 7.88. The Morgan fingerprint density at radius 1 is 1.43 bits per heavy atom. The van der Waals surface area contributed by atoms with Crippen LogP contribution in [0.4, 0.5) is 0 Å². The van der Waals surface area contributed by atoms with Crippen molar-refractivity contribution in [3.63, 3.8) is 0 Å². The molecule has 1 aliphatic heterocycles. The van der Waals surface area contributed by atoms with Crippen molar-refractivity contribution in [1.82, 2.24) is 9.62 Å². The third kappa shape index (κ3) is 3.99. The number of nitrogens with zero attached hydrogens (tertiary/aromatic N) is 1. The number of nitrogens with two attached hydrogens (primary N) is 1. The van der Waals surface area contributed by atoms with Crippen molar-refractivity contribution in [2.45, 2.75) is 18.2 Å². The van der Waals surface area contributed by atoms with Crippen LogP contribution in [-0.2, 0) is 20.6 Å². The number of rotatable bonds is 5. The average Bonchev–Trinajstić information content (AvgIpc) is 2.70. The van der Waals surface area contributed by atoms with E-state index in [0.717, 1.165) is 0 Å². The number of nitrogens with one attached hydrogen (secondary N) is 1. The van der Waals surface area contributed by atoms with E-state index in [9.17, 15) is 13.2 Å². The van der Waals surface area contributed by atoms with Crippen LogP contribution < -0.4 is 10.5 Å². The lowest BCUT2D eigenvalue weighted by atomic mass is 10.1. The van der Waals surface area contributed by atoms with E-state index in [0.29, 0.717) is 24.1 Å². The van der Waals surface area contributed by atoms with Crippen molar-refractivity contribution in [3.8, 4) is 0 Å². The van der Waals surface area contributed by atoms with Gasteiger partial charge in [-0.05, 0) is 12.0 Å². The molecular weight excluding hydrogens is 310 g/mol. The summed E-state index contributed by atoms with van der Waals surface area (Å²) in [5.74, 6) is -0.375. The predicted octanol–water partition coefficient (Wildman–Crippen LogP) is -0.0291. The second-order valence-electron chi connectivity index (χ2n) is 5.04. The standard InChI is InChI=1S/C13H17N3O3S2/c1-16-7-6-11(13(16)17)15-21(18,19)8-9-2-4-10(5-3-9)12(14)20/h2-5,11,15H,6-8H2,1H3,(H2,14,20). The quantitative estimate of drug-likeness (QED) is 0.741. The normalized spacial score (nSPS) is 19.0. The zero-order valence-corrected chi connectivity index (χ0v) is 13.2. The fraction of sp³-hybridized carbons (Fsp3) is 0.385. The van der Waals surface area contributed by atoms with Crippen molar-refractivity contribution in [3.05, 3.63) is 35.4 Å². The Hall–Kier alpha value is -1.51. The molecule has 0 spiro atoms. The number of benzene rings is 1. The summed E-state index contributed by atoms with van der Waals surface area (Å²) in [4.78, 5) is 13.5. The zero-order valence-electron chi connectivity index (χ0n) is 11.6. The van der Waals surface area contributed by atoms with Crippen LogP contribution in [0.1, 0.15) is 17.5 Å². The van der Waals surface area contributed by atoms with E-state index in [-0.39, 0.29) is 16.6 Å². The molecule has 114 valence electrons. The van der Waals surface area contributed by atoms with Gasteiger partial charge in [-0.1, -0.05) is 36.5 Å². The van der Waals surface area contributed by atoms with Gasteiger partial charge in [-0.15, -0.1) is 0 Å². The van der Waals surface area contributed by atoms with Gasteiger partial charge in [0, 0.05) is 19.2 Å². The van der Waals surface area contributed by atoms with Crippen LogP contribution in [0.2, 0.25) is 0 Å². The second-order valence-corrected chi connectivity index (χ2v) is 7.23. The molecule has 1 heterocycles. The molecule has 1 fully saturated rings. The van der Waals surface area contributed by atoms with Gasteiger partial charge in [0.15, 0.2) is 0 Å². The number of sulfonamides is 1. The average molecular weight is 327 g/mol. The summed E-state index contributed by atoms with van der Waals surface area (Å²) in [7, 11) is -1.91. The van der Waals surface area contributed by atoms with Crippen molar-refractivity contribution < 1.29 is 13.2 Å². The first-order valence-electron chi connectivity index (χ1n) is 6.42. The SMILES string of the molecule is CN1CCC(NS(=O)(=O)Cc2ccc(C(N)=S)cc2)C1=O. The first kappa shape index (κ1) is 15.9. The topological polar surface area (TPSA) is 92.5 Å². The molecule has 21 heavy (non-hydrogen) atoms. The lowest BCUT2D eigenvalue weighted by molar-refractivity contribution is -0.127. The fourth-order valence-corrected chi connectivity index (χ4v) is 3.68. The number of amides is 1. The molecule has 1 unspecified atom stereocenters. The summed E-state index contributed by atoms with van der Waals surface area (Å²) >= 11 is 4.84. The first-order chi connectivity index (χ1) is 9.78. The van der Waals surface area contributed by atoms with E-state index >= 15 is 0 Å². The number of carbonyl (C=O) groups excluding carboxylic acids is 1. The minimum Gasteiger partial charge on any atom is -0.389 e. The molecule has 0 aromatic heterocycles. The van der Waals surface area contributed by atoms with Crippen molar-refractivity contribution in [2.75, 3.05) is 13.6 Å². The van der Waals surface area contributed by atoms with Gasteiger partial charge >= 0.3 is 0 Å². The van der Waals surface area contributed by atoms with E-state index in [1.54, 1.807) is 31.3 Å². The Morgan fingerprint density at radius 2 is 2.05 bits per heavy atom. The maximum atomic E-state index is 12.1. The van der Waals surface area contributed by atoms with Crippen LogP contribution in [0.15, 0.2) is 24.3 Å².